The summed E-state index contributed by atoms with van der Waals surface area (Å²) in [6.07, 6.45) is 2.44. The minimum absolute atomic E-state index is 0.0561. The van der Waals surface area contributed by atoms with Crippen molar-refractivity contribution in [3.63, 3.8) is 0 Å². The van der Waals surface area contributed by atoms with Crippen LogP contribution in [0.25, 0.3) is 0 Å². The van der Waals surface area contributed by atoms with Crippen molar-refractivity contribution >= 4 is 17.2 Å². The molecule has 0 spiro atoms. The van der Waals surface area contributed by atoms with Crippen LogP contribution in [0.5, 0.6) is 5.75 Å². The first kappa shape index (κ1) is 19.6. The van der Waals surface area contributed by atoms with E-state index in [0.717, 1.165) is 46.8 Å². The van der Waals surface area contributed by atoms with E-state index < -0.39 is 0 Å². The van der Waals surface area contributed by atoms with E-state index in [1.165, 1.54) is 0 Å². The molecule has 0 bridgehead atoms. The third-order valence-electron chi connectivity index (χ3n) is 5.85. The van der Waals surface area contributed by atoms with Crippen LogP contribution in [0.3, 0.4) is 0 Å². The fourth-order valence-corrected chi connectivity index (χ4v) is 4.25. The van der Waals surface area contributed by atoms with Crippen molar-refractivity contribution in [3.05, 3.63) is 65.4 Å². The van der Waals surface area contributed by atoms with Gasteiger partial charge in [0.25, 0.3) is 0 Å². The number of carbonyl (C=O) groups is 1. The Morgan fingerprint density at radius 2 is 1.76 bits per heavy atom. The minimum atomic E-state index is -0.245. The molecule has 4 rings (SSSR count). The number of para-hydroxylation sites is 3. The predicted octanol–water partition coefficient (Wildman–Crippen LogP) is 6.09. The first-order valence-corrected chi connectivity index (χ1v) is 10.5. The summed E-state index contributed by atoms with van der Waals surface area (Å²) in [5.41, 5.74) is 4.81. The molecule has 0 saturated heterocycles. The third-order valence-corrected chi connectivity index (χ3v) is 5.85. The van der Waals surface area contributed by atoms with Crippen LogP contribution >= 0.6 is 0 Å². The summed E-state index contributed by atoms with van der Waals surface area (Å²) in [5, 5.41) is 7.22. The van der Waals surface area contributed by atoms with E-state index in [9.17, 15) is 4.79 Å². The largest absolute Gasteiger partial charge is 0.490 e. The fraction of sp³-hybridized carbons (Fsp3) is 0.400. The number of Topliss-reactive ketones (excluding diaryl/α,β-unsaturated/α-hetero) is 1. The molecule has 0 amide bonds. The molecule has 0 unspecified atom stereocenters. The molecule has 152 valence electrons. The number of rotatable bonds is 4. The van der Waals surface area contributed by atoms with E-state index in [-0.39, 0.29) is 23.3 Å². The van der Waals surface area contributed by atoms with Crippen LogP contribution in [0.1, 0.15) is 58.6 Å². The van der Waals surface area contributed by atoms with Gasteiger partial charge in [-0.1, -0.05) is 51.1 Å². The first-order valence-electron chi connectivity index (χ1n) is 10.5. The Bertz CT molecular complexity index is 961. The average molecular weight is 391 g/mol. The summed E-state index contributed by atoms with van der Waals surface area (Å²) in [6.45, 7) is 8.52. The molecule has 0 fully saturated rings. The Morgan fingerprint density at radius 1 is 1.07 bits per heavy atom. The highest BCUT2D eigenvalue weighted by Gasteiger charge is 2.39. The number of ketones is 1. The van der Waals surface area contributed by atoms with Crippen molar-refractivity contribution in [1.29, 1.82) is 0 Å². The van der Waals surface area contributed by atoms with Gasteiger partial charge in [0.05, 0.1) is 23.5 Å². The summed E-state index contributed by atoms with van der Waals surface area (Å²) < 4.78 is 6.24. The summed E-state index contributed by atoms with van der Waals surface area (Å²) in [4.78, 5) is 13.3. The smallest absolute Gasteiger partial charge is 0.163 e. The van der Waals surface area contributed by atoms with Crippen LogP contribution in [0, 0.1) is 5.41 Å². The van der Waals surface area contributed by atoms with Crippen molar-refractivity contribution in [1.82, 2.24) is 0 Å². The Morgan fingerprint density at radius 3 is 2.52 bits per heavy atom. The molecule has 29 heavy (non-hydrogen) atoms. The molecule has 4 nitrogen and oxygen atoms in total. The van der Waals surface area contributed by atoms with E-state index in [1.807, 2.05) is 30.3 Å². The van der Waals surface area contributed by atoms with E-state index in [0.29, 0.717) is 6.42 Å². The lowest BCUT2D eigenvalue weighted by Gasteiger charge is -2.34. The highest BCUT2D eigenvalue weighted by Crippen LogP contribution is 2.46. The maximum atomic E-state index is 13.3. The van der Waals surface area contributed by atoms with Crippen molar-refractivity contribution in [3.8, 4) is 5.75 Å². The molecule has 1 aliphatic heterocycles. The lowest BCUT2D eigenvalue weighted by molar-refractivity contribution is -0.118. The molecule has 1 aliphatic carbocycles. The van der Waals surface area contributed by atoms with Crippen LogP contribution < -0.4 is 15.4 Å². The predicted molar refractivity (Wildman–Crippen MR) is 118 cm³/mol. The standard InChI is InChI=1S/C25H30N2O2/c1-5-16(2)29-22-13-9-6-10-17(22)24-23-20(14-25(3,4)15-21(23)28)26-18-11-7-8-12-19(18)27-24/h6-13,16,24,26-27H,5,14-15H2,1-4H3/t16-,24+/m1/s1. The SMILES string of the molecule is CC[C@@H](C)Oc1ccccc1[C@@H]1Nc2ccccc2NC2=C1C(=O)CC(C)(C)C2. The highest BCUT2D eigenvalue weighted by atomic mass is 16.5. The molecule has 1 heterocycles. The maximum absolute atomic E-state index is 13.3. The number of nitrogens with one attached hydrogen (secondary N) is 2. The summed E-state index contributed by atoms with van der Waals surface area (Å²) >= 11 is 0. The molecule has 2 N–H and O–H groups in total. The lowest BCUT2D eigenvalue weighted by atomic mass is 9.73. The monoisotopic (exact) mass is 390 g/mol. The van der Waals surface area contributed by atoms with Crippen LogP contribution in [-0.4, -0.2) is 11.9 Å². The van der Waals surface area contributed by atoms with Crippen LogP contribution in [0.4, 0.5) is 11.4 Å². The number of ether oxygens (including phenoxy) is 1. The van der Waals surface area contributed by atoms with E-state index >= 15 is 0 Å². The Hall–Kier alpha value is -2.75. The van der Waals surface area contributed by atoms with Crippen molar-refractivity contribution in [2.75, 3.05) is 10.6 Å². The van der Waals surface area contributed by atoms with Crippen LogP contribution in [0.15, 0.2) is 59.8 Å². The van der Waals surface area contributed by atoms with Gasteiger partial charge in [-0.15, -0.1) is 0 Å². The van der Waals surface area contributed by atoms with Crippen LogP contribution in [0.2, 0.25) is 0 Å². The maximum Gasteiger partial charge on any atom is 0.163 e. The van der Waals surface area contributed by atoms with Gasteiger partial charge in [0.2, 0.25) is 0 Å². The first-order chi connectivity index (χ1) is 13.9. The normalized spacial score (nSPS) is 21.2. The summed E-state index contributed by atoms with van der Waals surface area (Å²) in [7, 11) is 0. The third kappa shape index (κ3) is 3.89. The summed E-state index contributed by atoms with van der Waals surface area (Å²) in [6, 6.07) is 16.0. The summed E-state index contributed by atoms with van der Waals surface area (Å²) in [5.74, 6) is 1.04. The van der Waals surface area contributed by atoms with Gasteiger partial charge in [0, 0.05) is 23.3 Å². The minimum Gasteiger partial charge on any atom is -0.490 e. The number of allylic oxidation sites excluding steroid dienone is 1. The highest BCUT2D eigenvalue weighted by molar-refractivity contribution is 6.01. The van der Waals surface area contributed by atoms with E-state index in [1.54, 1.807) is 0 Å². The zero-order valence-corrected chi connectivity index (χ0v) is 17.7. The van der Waals surface area contributed by atoms with Gasteiger partial charge >= 0.3 is 0 Å². The second-order valence-corrected chi connectivity index (χ2v) is 8.96. The second-order valence-electron chi connectivity index (χ2n) is 8.96. The average Bonchev–Trinajstić information content (AvgIpc) is 2.83. The van der Waals surface area contributed by atoms with Gasteiger partial charge < -0.3 is 15.4 Å². The van der Waals surface area contributed by atoms with Crippen molar-refractivity contribution in [2.24, 2.45) is 5.41 Å². The zero-order chi connectivity index (χ0) is 20.6. The zero-order valence-electron chi connectivity index (χ0n) is 17.7. The molecule has 2 atom stereocenters. The van der Waals surface area contributed by atoms with Gasteiger partial charge in [-0.25, -0.2) is 0 Å². The Balaban J connectivity index is 1.86. The Kier molecular flexibility index (Phi) is 5.12. The molecule has 2 aromatic rings. The molecule has 2 aliphatic rings. The molecule has 0 aromatic heterocycles. The number of benzene rings is 2. The lowest BCUT2D eigenvalue weighted by Crippen LogP contribution is -2.31. The molecule has 0 saturated carbocycles. The van der Waals surface area contributed by atoms with Crippen molar-refractivity contribution < 1.29 is 9.53 Å². The molecule has 2 aromatic carbocycles. The number of hydrogen-bond acceptors (Lipinski definition) is 4. The van der Waals surface area contributed by atoms with Gasteiger partial charge in [-0.05, 0) is 43.4 Å². The van der Waals surface area contributed by atoms with Gasteiger partial charge in [0.1, 0.15) is 5.75 Å². The quantitative estimate of drug-likeness (QED) is 0.664. The van der Waals surface area contributed by atoms with E-state index in [4.69, 9.17) is 4.74 Å². The topological polar surface area (TPSA) is 50.4 Å². The molecular formula is C25H30N2O2. The number of anilines is 2. The number of hydrogen-bond donors (Lipinski definition) is 2. The van der Waals surface area contributed by atoms with Gasteiger partial charge in [-0.3, -0.25) is 4.79 Å². The fourth-order valence-electron chi connectivity index (χ4n) is 4.25. The van der Waals surface area contributed by atoms with Gasteiger partial charge in [-0.2, -0.15) is 0 Å². The van der Waals surface area contributed by atoms with Crippen molar-refractivity contribution in [2.45, 2.75) is 59.1 Å². The second kappa shape index (κ2) is 7.58. The van der Waals surface area contributed by atoms with Gasteiger partial charge in [0.15, 0.2) is 5.78 Å². The Labute approximate surface area is 173 Å². The number of carbonyl (C=O) groups excluding carboxylic acids is 1. The number of fused-ring (bicyclic) bond motifs is 1. The van der Waals surface area contributed by atoms with E-state index in [2.05, 4.69) is 56.5 Å². The molecule has 4 heteroatoms. The van der Waals surface area contributed by atoms with Crippen LogP contribution in [-0.2, 0) is 4.79 Å². The molecular weight excluding hydrogens is 360 g/mol. The molecule has 0 radical (unpaired) electrons.